The number of likely N-dealkylation sites (tertiary alicyclic amines) is 1. The van der Waals surface area contributed by atoms with Gasteiger partial charge in [0.1, 0.15) is 6.04 Å². The van der Waals surface area contributed by atoms with E-state index in [4.69, 9.17) is 4.74 Å². The highest BCUT2D eigenvalue weighted by molar-refractivity contribution is 6.01. The number of carboxylic acid groups (broad SMARTS) is 1. The van der Waals surface area contributed by atoms with Crippen LogP contribution in [0.4, 0.5) is 24.1 Å². The molecule has 0 bridgehead atoms. The van der Waals surface area contributed by atoms with Crippen LogP contribution in [-0.4, -0.2) is 90.7 Å². The molecule has 0 spiro atoms. The maximum atomic E-state index is 14.2. The molecule has 2 heterocycles. The topological polar surface area (TPSA) is 132 Å². The Kier molecular flexibility index (Phi) is 10.7. The van der Waals surface area contributed by atoms with E-state index in [0.29, 0.717) is 18.9 Å². The zero-order chi connectivity index (χ0) is 32.0. The summed E-state index contributed by atoms with van der Waals surface area (Å²) >= 11 is 0. The van der Waals surface area contributed by atoms with E-state index in [1.165, 1.54) is 26.6 Å². The first-order valence-electron chi connectivity index (χ1n) is 14.4. The fourth-order valence-electron chi connectivity index (χ4n) is 5.76. The maximum Gasteiger partial charge on any atom is 0.335 e. The Balaban J connectivity index is 1.39. The molecule has 1 atom stereocenters. The quantitative estimate of drug-likeness (QED) is 0.341. The minimum absolute atomic E-state index is 0.00553. The number of piperidine rings is 1. The number of urea groups is 2. The standard InChI is InChI=1S/C31H37F2N5O6/c1-19(39)35-23-7-4-6-21(16-23)20-10-14-37(15-11-20)13-5-12-34-30(42)38-28(22-8-9-24(32)25(33)17-22)27(29(40)41)26(18-44-3)36(2)31(38)43/h4,6-9,16-17,20,28H,5,10-15,18H2,1-3H3,(H,34,42)(H,35,39)(H,40,41)/t28-/m0/s1. The third kappa shape index (κ3) is 7.40. The van der Waals surface area contributed by atoms with Crippen molar-refractivity contribution < 1.29 is 37.8 Å². The summed E-state index contributed by atoms with van der Waals surface area (Å²) in [7, 11) is 2.64. The number of methoxy groups -OCH3 is 1. The summed E-state index contributed by atoms with van der Waals surface area (Å²) in [4.78, 5) is 54.6. The summed E-state index contributed by atoms with van der Waals surface area (Å²) in [6.45, 7) is 3.82. The number of carboxylic acids is 1. The fraction of sp³-hybridized carbons (Fsp3) is 0.419. The van der Waals surface area contributed by atoms with E-state index in [1.54, 1.807) is 0 Å². The van der Waals surface area contributed by atoms with Crippen molar-refractivity contribution in [2.45, 2.75) is 38.1 Å². The molecule has 1 fully saturated rings. The van der Waals surface area contributed by atoms with Crippen LogP contribution in [0.3, 0.4) is 0 Å². The number of hydrogen-bond acceptors (Lipinski definition) is 6. The number of nitrogens with zero attached hydrogens (tertiary/aromatic N) is 3. The van der Waals surface area contributed by atoms with Crippen molar-refractivity contribution in [3.8, 4) is 0 Å². The molecule has 2 aromatic rings. The molecule has 1 saturated heterocycles. The number of likely N-dealkylation sites (N-methyl/N-ethyl adjacent to an activating group) is 1. The van der Waals surface area contributed by atoms with Crippen molar-refractivity contribution in [3.63, 3.8) is 0 Å². The second-order valence-corrected chi connectivity index (χ2v) is 10.9. The first kappa shape index (κ1) is 32.6. The van der Waals surface area contributed by atoms with Gasteiger partial charge in [-0.3, -0.25) is 9.69 Å². The van der Waals surface area contributed by atoms with E-state index in [2.05, 4.69) is 21.6 Å². The lowest BCUT2D eigenvalue weighted by Gasteiger charge is -2.40. The summed E-state index contributed by atoms with van der Waals surface area (Å²) in [5.41, 5.74) is 1.52. The van der Waals surface area contributed by atoms with Gasteiger partial charge < -0.3 is 25.4 Å². The molecule has 236 valence electrons. The Morgan fingerprint density at radius 1 is 1.05 bits per heavy atom. The zero-order valence-electron chi connectivity index (χ0n) is 24.9. The highest BCUT2D eigenvalue weighted by Crippen LogP contribution is 2.37. The van der Waals surface area contributed by atoms with Gasteiger partial charge in [-0.25, -0.2) is 28.1 Å². The molecule has 2 aliphatic heterocycles. The molecular weight excluding hydrogens is 576 g/mol. The summed E-state index contributed by atoms with van der Waals surface area (Å²) < 4.78 is 33.1. The summed E-state index contributed by atoms with van der Waals surface area (Å²) in [6.07, 6.45) is 2.45. The number of rotatable bonds is 10. The number of halogens is 2. The molecule has 0 aliphatic carbocycles. The Bertz CT molecular complexity index is 1440. The van der Waals surface area contributed by atoms with Crippen molar-refractivity contribution in [3.05, 3.63) is 76.5 Å². The molecule has 0 aromatic heterocycles. The van der Waals surface area contributed by atoms with Crippen LogP contribution in [0.2, 0.25) is 0 Å². The van der Waals surface area contributed by atoms with Crippen LogP contribution in [0.15, 0.2) is 53.7 Å². The van der Waals surface area contributed by atoms with Crippen molar-refractivity contribution in [1.82, 2.24) is 20.0 Å². The van der Waals surface area contributed by atoms with Crippen LogP contribution < -0.4 is 10.6 Å². The lowest BCUT2D eigenvalue weighted by atomic mass is 9.89. The Morgan fingerprint density at radius 3 is 2.41 bits per heavy atom. The van der Waals surface area contributed by atoms with Crippen molar-refractivity contribution >= 4 is 29.6 Å². The highest BCUT2D eigenvalue weighted by atomic mass is 19.2. The number of imide groups is 1. The van der Waals surface area contributed by atoms with Crippen LogP contribution in [0.1, 0.15) is 49.3 Å². The van der Waals surface area contributed by atoms with Gasteiger partial charge >= 0.3 is 18.0 Å². The molecule has 5 amide bonds. The van der Waals surface area contributed by atoms with E-state index < -0.39 is 35.7 Å². The van der Waals surface area contributed by atoms with Gasteiger partial charge in [0.05, 0.1) is 17.9 Å². The Labute approximate surface area is 254 Å². The lowest BCUT2D eigenvalue weighted by molar-refractivity contribution is -0.133. The minimum atomic E-state index is -1.51. The zero-order valence-corrected chi connectivity index (χ0v) is 24.9. The number of nitrogens with one attached hydrogen (secondary N) is 2. The molecule has 0 saturated carbocycles. The molecular formula is C31H37F2N5O6. The first-order valence-corrected chi connectivity index (χ1v) is 14.4. The fourth-order valence-corrected chi connectivity index (χ4v) is 5.76. The molecule has 0 unspecified atom stereocenters. The number of ether oxygens (including phenoxy) is 1. The molecule has 44 heavy (non-hydrogen) atoms. The SMILES string of the molecule is COCC1=C(C(=O)O)[C@H](c2ccc(F)c(F)c2)N(C(=O)NCCCN2CCC(c3cccc(NC(C)=O)c3)CC2)C(=O)N1C. The van der Waals surface area contributed by atoms with Gasteiger partial charge in [0.2, 0.25) is 5.91 Å². The van der Waals surface area contributed by atoms with Gasteiger partial charge in [0.25, 0.3) is 0 Å². The molecule has 2 aliphatic rings. The van der Waals surface area contributed by atoms with Crippen molar-refractivity contribution in [2.24, 2.45) is 0 Å². The molecule has 4 rings (SSSR count). The average molecular weight is 614 g/mol. The second kappa shape index (κ2) is 14.4. The van der Waals surface area contributed by atoms with Gasteiger partial charge in [-0.2, -0.15) is 0 Å². The number of benzene rings is 2. The van der Waals surface area contributed by atoms with E-state index >= 15 is 0 Å². The molecule has 0 radical (unpaired) electrons. The molecule has 2 aromatic carbocycles. The first-order chi connectivity index (χ1) is 21.0. The summed E-state index contributed by atoms with van der Waals surface area (Å²) in [5, 5.41) is 15.6. The smallest absolute Gasteiger partial charge is 0.335 e. The number of amides is 5. The minimum Gasteiger partial charge on any atom is -0.478 e. The third-order valence-electron chi connectivity index (χ3n) is 7.92. The molecule has 11 nitrogen and oxygen atoms in total. The average Bonchev–Trinajstić information content (AvgIpc) is 2.99. The monoisotopic (exact) mass is 613 g/mol. The van der Waals surface area contributed by atoms with Gasteiger partial charge in [0, 0.05) is 33.3 Å². The van der Waals surface area contributed by atoms with Gasteiger partial charge in [-0.15, -0.1) is 0 Å². The van der Waals surface area contributed by atoms with Crippen molar-refractivity contribution in [1.29, 1.82) is 0 Å². The van der Waals surface area contributed by atoms with Crippen LogP contribution in [0, 0.1) is 11.6 Å². The highest BCUT2D eigenvalue weighted by Gasteiger charge is 2.45. The number of aliphatic carboxylic acids is 1. The third-order valence-corrected chi connectivity index (χ3v) is 7.92. The number of anilines is 1. The lowest BCUT2D eigenvalue weighted by Crippen LogP contribution is -2.55. The predicted octanol–water partition coefficient (Wildman–Crippen LogP) is 4.30. The van der Waals surface area contributed by atoms with Crippen LogP contribution in [0.25, 0.3) is 0 Å². The van der Waals surface area contributed by atoms with E-state index in [0.717, 1.165) is 59.6 Å². The molecule has 3 N–H and O–H groups in total. The normalized spacial score (nSPS) is 18.0. The summed E-state index contributed by atoms with van der Waals surface area (Å²) in [6, 6.07) is 7.42. The Morgan fingerprint density at radius 2 is 1.77 bits per heavy atom. The van der Waals surface area contributed by atoms with E-state index in [-0.39, 0.29) is 35.9 Å². The number of carbonyl (C=O) groups is 4. The predicted molar refractivity (Wildman–Crippen MR) is 158 cm³/mol. The number of carbonyl (C=O) groups excluding carboxylic acids is 3. The van der Waals surface area contributed by atoms with Gasteiger partial charge in [0.15, 0.2) is 11.6 Å². The van der Waals surface area contributed by atoms with Crippen LogP contribution in [-0.2, 0) is 14.3 Å². The van der Waals surface area contributed by atoms with Crippen molar-refractivity contribution in [2.75, 3.05) is 52.3 Å². The van der Waals surface area contributed by atoms with Crippen LogP contribution >= 0.6 is 0 Å². The summed E-state index contributed by atoms with van der Waals surface area (Å²) in [5.74, 6) is -3.57. The van der Waals surface area contributed by atoms with E-state index in [9.17, 15) is 33.1 Å². The van der Waals surface area contributed by atoms with Crippen LogP contribution in [0.5, 0.6) is 0 Å². The second-order valence-electron chi connectivity index (χ2n) is 10.9. The number of hydrogen-bond donors (Lipinski definition) is 3. The van der Waals surface area contributed by atoms with Gasteiger partial charge in [-0.1, -0.05) is 18.2 Å². The van der Waals surface area contributed by atoms with Gasteiger partial charge in [-0.05, 0) is 80.2 Å². The van der Waals surface area contributed by atoms with E-state index in [1.807, 2.05) is 18.2 Å². The molecule has 13 heteroatoms. The Hall–Kier alpha value is -4.36. The largest absolute Gasteiger partial charge is 0.478 e. The maximum absolute atomic E-state index is 14.2.